The molecule has 5 rings (SSSR count). The van der Waals surface area contributed by atoms with Gasteiger partial charge in [-0.15, -0.1) is 0 Å². The number of fused-ring (bicyclic) bond motifs is 5. The molecule has 0 saturated carbocycles. The van der Waals surface area contributed by atoms with Gasteiger partial charge in [-0.05, 0) is 46.9 Å². The van der Waals surface area contributed by atoms with Crippen LogP contribution in [0.25, 0.3) is 50.7 Å². The molecule has 5 aromatic rings. The quantitative estimate of drug-likeness (QED) is 0.401. The third kappa shape index (κ3) is 2.22. The molecule has 0 bridgehead atoms. The van der Waals surface area contributed by atoms with Crippen molar-refractivity contribution in [2.75, 3.05) is 0 Å². The van der Waals surface area contributed by atoms with Crippen LogP contribution >= 0.6 is 0 Å². The minimum atomic E-state index is 0.938. The summed E-state index contributed by atoms with van der Waals surface area (Å²) in [4.78, 5) is 9.08. The van der Waals surface area contributed by atoms with E-state index >= 15 is 0 Å². The molecule has 0 aliphatic heterocycles. The fraction of sp³-hybridized carbons (Fsp3) is 0. The Morgan fingerprint density at radius 2 is 1.59 bits per heavy atom. The highest BCUT2D eigenvalue weighted by atomic mass is 15.0. The van der Waals surface area contributed by atoms with Gasteiger partial charge in [-0.3, -0.25) is 9.38 Å². The number of aromatic nitrogens is 3. The number of benzene rings is 2. The van der Waals surface area contributed by atoms with E-state index in [1.807, 2.05) is 48.8 Å². The minimum absolute atomic E-state index is 0.938. The second-order valence-corrected chi connectivity index (χ2v) is 6.46. The highest BCUT2D eigenvalue weighted by molar-refractivity contribution is 6.04. The van der Waals surface area contributed by atoms with Crippen LogP contribution in [-0.2, 0) is 0 Å². The van der Waals surface area contributed by atoms with E-state index in [0.717, 1.165) is 49.8 Å². The van der Waals surface area contributed by atoms with Gasteiger partial charge in [0.1, 0.15) is 5.65 Å². The second kappa shape index (κ2) is 5.92. The Balaban J connectivity index is 1.94. The lowest BCUT2D eigenvalue weighted by Gasteiger charge is -2.11. The lowest BCUT2D eigenvalue weighted by Crippen LogP contribution is -1.97. The van der Waals surface area contributed by atoms with Crippen molar-refractivity contribution >= 4 is 39.6 Å². The zero-order valence-electron chi connectivity index (χ0n) is 14.8. The maximum Gasteiger partial charge on any atom is 0.146 e. The number of imidazole rings is 1. The van der Waals surface area contributed by atoms with Crippen LogP contribution < -0.4 is 0 Å². The first-order valence-electron chi connectivity index (χ1n) is 8.84. The van der Waals surface area contributed by atoms with E-state index in [1.54, 1.807) is 0 Å². The summed E-state index contributed by atoms with van der Waals surface area (Å²) < 4.78 is 2.18. The molecule has 0 spiro atoms. The fourth-order valence-electron chi connectivity index (χ4n) is 3.82. The molecule has 0 amide bonds. The van der Waals surface area contributed by atoms with Crippen molar-refractivity contribution in [2.45, 2.75) is 0 Å². The summed E-state index contributed by atoms with van der Waals surface area (Å²) in [6, 6.07) is 18.7. The van der Waals surface area contributed by atoms with Crippen molar-refractivity contribution in [2.24, 2.45) is 0 Å². The molecule has 0 atom stereocenters. The number of hydrogen-bond acceptors (Lipinski definition) is 2. The van der Waals surface area contributed by atoms with Crippen LogP contribution in [0.5, 0.6) is 0 Å². The third-order valence-electron chi connectivity index (χ3n) is 5.04. The molecule has 0 unspecified atom stereocenters. The Morgan fingerprint density at radius 3 is 2.33 bits per heavy atom. The molecule has 0 aliphatic rings. The Bertz CT molecular complexity index is 1340. The molecule has 27 heavy (non-hydrogen) atoms. The summed E-state index contributed by atoms with van der Waals surface area (Å²) in [5.74, 6) is 0. The first-order chi connectivity index (χ1) is 13.3. The number of nitrogens with zero attached hydrogens (tertiary/aromatic N) is 3. The van der Waals surface area contributed by atoms with E-state index in [1.165, 1.54) is 0 Å². The molecule has 3 heterocycles. The Morgan fingerprint density at radius 1 is 0.815 bits per heavy atom. The van der Waals surface area contributed by atoms with Gasteiger partial charge in [0, 0.05) is 23.3 Å². The molecule has 0 aliphatic carbocycles. The summed E-state index contributed by atoms with van der Waals surface area (Å²) in [7, 11) is 0. The molecule has 0 radical (unpaired) electrons. The van der Waals surface area contributed by atoms with Gasteiger partial charge < -0.3 is 0 Å². The van der Waals surface area contributed by atoms with Gasteiger partial charge in [-0.25, -0.2) is 4.98 Å². The minimum Gasteiger partial charge on any atom is -0.292 e. The number of rotatable bonds is 3. The predicted molar refractivity (Wildman–Crippen MR) is 114 cm³/mol. The molecule has 3 heteroatoms. The monoisotopic (exact) mass is 347 g/mol. The molecular weight excluding hydrogens is 330 g/mol. The maximum absolute atomic E-state index is 4.98. The Hall–Kier alpha value is -3.72. The summed E-state index contributed by atoms with van der Waals surface area (Å²) in [5, 5.41) is 2.25. The van der Waals surface area contributed by atoms with E-state index < -0.39 is 0 Å². The van der Waals surface area contributed by atoms with E-state index in [-0.39, 0.29) is 0 Å². The van der Waals surface area contributed by atoms with E-state index in [9.17, 15) is 0 Å². The molecular formula is C24H17N3. The Labute approximate surface area is 156 Å². The molecule has 0 saturated heterocycles. The molecule has 3 aromatic heterocycles. The van der Waals surface area contributed by atoms with E-state index in [2.05, 4.69) is 52.9 Å². The average Bonchev–Trinajstić information content (AvgIpc) is 3.12. The standard InChI is InChI=1S/C24H17N3/c1-3-18-19-7-5-6-8-20(19)24-26-21-15-17(16-11-13-25-14-12-16)9-10-23(21)27(24)22(18)4-2/h3-15H,1-2H2. The largest absolute Gasteiger partial charge is 0.292 e. The highest BCUT2D eigenvalue weighted by Crippen LogP contribution is 2.33. The van der Waals surface area contributed by atoms with Gasteiger partial charge in [0.25, 0.3) is 0 Å². The van der Waals surface area contributed by atoms with Crippen molar-refractivity contribution in [3.05, 3.63) is 91.4 Å². The van der Waals surface area contributed by atoms with Crippen molar-refractivity contribution in [3.8, 4) is 11.1 Å². The number of pyridine rings is 2. The van der Waals surface area contributed by atoms with Crippen LogP contribution in [0.2, 0.25) is 0 Å². The SMILES string of the molecule is C=Cc1c(C=C)n2c3ccc(-c4ccncc4)cc3nc2c2ccccc12. The molecule has 3 nitrogen and oxygen atoms in total. The number of hydrogen-bond donors (Lipinski definition) is 0. The van der Waals surface area contributed by atoms with Crippen LogP contribution in [0.3, 0.4) is 0 Å². The summed E-state index contributed by atoms with van der Waals surface area (Å²) >= 11 is 0. The van der Waals surface area contributed by atoms with Gasteiger partial charge in [-0.2, -0.15) is 0 Å². The summed E-state index contributed by atoms with van der Waals surface area (Å²) in [6.07, 6.45) is 7.40. The normalized spacial score (nSPS) is 11.3. The predicted octanol–water partition coefficient (Wildman–Crippen LogP) is 5.99. The van der Waals surface area contributed by atoms with Crippen LogP contribution in [0.15, 0.2) is 80.1 Å². The van der Waals surface area contributed by atoms with Crippen molar-refractivity contribution in [3.63, 3.8) is 0 Å². The van der Waals surface area contributed by atoms with Crippen LogP contribution in [0.4, 0.5) is 0 Å². The van der Waals surface area contributed by atoms with Gasteiger partial charge in [-0.1, -0.05) is 49.6 Å². The van der Waals surface area contributed by atoms with Crippen LogP contribution in [-0.4, -0.2) is 14.4 Å². The van der Waals surface area contributed by atoms with Gasteiger partial charge >= 0.3 is 0 Å². The molecule has 2 aromatic carbocycles. The second-order valence-electron chi connectivity index (χ2n) is 6.46. The van der Waals surface area contributed by atoms with Gasteiger partial charge in [0.2, 0.25) is 0 Å². The van der Waals surface area contributed by atoms with Crippen molar-refractivity contribution in [1.82, 2.24) is 14.4 Å². The summed E-state index contributed by atoms with van der Waals surface area (Å²) in [6.45, 7) is 8.07. The van der Waals surface area contributed by atoms with Crippen LogP contribution in [0.1, 0.15) is 11.3 Å². The lowest BCUT2D eigenvalue weighted by atomic mass is 10.0. The first kappa shape index (κ1) is 15.5. The Kier molecular flexibility index (Phi) is 3.41. The highest BCUT2D eigenvalue weighted by Gasteiger charge is 2.15. The van der Waals surface area contributed by atoms with Gasteiger partial charge in [0.15, 0.2) is 0 Å². The van der Waals surface area contributed by atoms with Crippen molar-refractivity contribution < 1.29 is 0 Å². The molecule has 0 fully saturated rings. The smallest absolute Gasteiger partial charge is 0.146 e. The topological polar surface area (TPSA) is 30.2 Å². The third-order valence-corrected chi connectivity index (χ3v) is 5.04. The van der Waals surface area contributed by atoms with Crippen LogP contribution in [0, 0.1) is 0 Å². The lowest BCUT2D eigenvalue weighted by molar-refractivity contribution is 1.21. The fourth-order valence-corrected chi connectivity index (χ4v) is 3.82. The van der Waals surface area contributed by atoms with Gasteiger partial charge in [0.05, 0.1) is 16.7 Å². The summed E-state index contributed by atoms with van der Waals surface area (Å²) in [5.41, 5.74) is 7.30. The molecule has 0 N–H and O–H groups in total. The average molecular weight is 347 g/mol. The van der Waals surface area contributed by atoms with E-state index in [4.69, 9.17) is 4.98 Å². The maximum atomic E-state index is 4.98. The molecule has 128 valence electrons. The zero-order chi connectivity index (χ0) is 18.4. The van der Waals surface area contributed by atoms with E-state index in [0.29, 0.717) is 0 Å². The van der Waals surface area contributed by atoms with Crippen molar-refractivity contribution in [1.29, 1.82) is 0 Å². The zero-order valence-corrected chi connectivity index (χ0v) is 14.8. The first-order valence-corrected chi connectivity index (χ1v) is 8.84.